The molecule has 8 heteroatoms. The Hall–Kier alpha value is -2.35. The van der Waals surface area contributed by atoms with Crippen LogP contribution < -0.4 is 10.5 Å². The van der Waals surface area contributed by atoms with Crippen LogP contribution >= 0.6 is 0 Å². The van der Waals surface area contributed by atoms with Crippen molar-refractivity contribution in [2.75, 3.05) is 18.9 Å². The normalized spacial score (nSPS) is 19.2. The molecule has 1 aromatic carbocycles. The van der Waals surface area contributed by atoms with E-state index in [-0.39, 0.29) is 18.5 Å². The molecular formula is C22H26F4N2O2. The highest BCUT2D eigenvalue weighted by atomic mass is 19.4. The Bertz CT molecular complexity index is 837. The van der Waals surface area contributed by atoms with Gasteiger partial charge in [-0.3, -0.25) is 0 Å². The van der Waals surface area contributed by atoms with Gasteiger partial charge < -0.3 is 15.2 Å². The summed E-state index contributed by atoms with van der Waals surface area (Å²) in [6, 6.07) is 6.52. The minimum Gasteiger partial charge on any atom is -0.493 e. The number of halogens is 4. The molecule has 4 nitrogen and oxygen atoms in total. The van der Waals surface area contributed by atoms with Crippen LogP contribution in [0.25, 0.3) is 0 Å². The molecule has 1 fully saturated rings. The molecule has 3 rings (SSSR count). The Kier molecular flexibility index (Phi) is 7.18. The van der Waals surface area contributed by atoms with E-state index in [1.54, 1.807) is 0 Å². The Morgan fingerprint density at radius 3 is 2.67 bits per heavy atom. The van der Waals surface area contributed by atoms with E-state index in [1.165, 1.54) is 6.07 Å². The fraction of sp³-hybridized carbons (Fsp3) is 0.500. The molecule has 0 bridgehead atoms. The van der Waals surface area contributed by atoms with Crippen LogP contribution in [0.1, 0.15) is 42.5 Å². The Balaban J connectivity index is 1.44. The lowest BCUT2D eigenvalue weighted by Gasteiger charge is -2.20. The molecule has 1 aromatic heterocycles. The molecule has 0 radical (unpaired) electrons. The number of ether oxygens (including phenoxy) is 2. The van der Waals surface area contributed by atoms with Crippen LogP contribution in [-0.2, 0) is 17.3 Å². The number of pyridine rings is 1. The zero-order valence-corrected chi connectivity index (χ0v) is 16.8. The molecule has 164 valence electrons. The molecule has 2 N–H and O–H groups in total. The molecule has 0 unspecified atom stereocenters. The average Bonchev–Trinajstić information content (AvgIpc) is 3.08. The highest BCUT2D eigenvalue weighted by molar-refractivity contribution is 5.34. The molecule has 0 spiro atoms. The van der Waals surface area contributed by atoms with Crippen molar-refractivity contribution in [2.24, 2.45) is 5.92 Å². The summed E-state index contributed by atoms with van der Waals surface area (Å²) in [5, 5.41) is 0. The third kappa shape index (κ3) is 6.08. The number of nitrogen functional groups attached to an aromatic ring is 1. The monoisotopic (exact) mass is 426 g/mol. The fourth-order valence-corrected chi connectivity index (χ4v) is 3.89. The second-order valence-corrected chi connectivity index (χ2v) is 7.71. The molecular weight excluding hydrogens is 400 g/mol. The summed E-state index contributed by atoms with van der Waals surface area (Å²) in [5.74, 6) is -0.431. The van der Waals surface area contributed by atoms with Gasteiger partial charge in [0.25, 0.3) is 0 Å². The SMILES string of the molecule is Cc1cc(N)nc(C[C@@H]2CCC[C@@H]2OCCCOc2ccc(F)c(C(F)(F)F)c2)c1. The summed E-state index contributed by atoms with van der Waals surface area (Å²) in [4.78, 5) is 4.40. The lowest BCUT2D eigenvalue weighted by Crippen LogP contribution is -2.22. The summed E-state index contributed by atoms with van der Waals surface area (Å²) in [6.45, 7) is 2.62. The minimum atomic E-state index is -4.75. The molecule has 1 heterocycles. The standard InChI is InChI=1S/C22H26F4N2O2/c1-14-10-16(28-21(27)11-14)12-15-4-2-5-20(15)30-9-3-8-29-17-6-7-19(23)18(13-17)22(24,25)26/h6-7,10-11,13,15,20H,2-5,8-9,12H2,1H3,(H2,27,28)/t15-,20-/m0/s1. The minimum absolute atomic E-state index is 0.00872. The van der Waals surface area contributed by atoms with Crippen molar-refractivity contribution in [3.8, 4) is 5.75 Å². The predicted octanol–water partition coefficient (Wildman–Crippen LogP) is 5.33. The van der Waals surface area contributed by atoms with Crippen LogP contribution in [0.5, 0.6) is 5.75 Å². The first kappa shape index (κ1) is 22.3. The van der Waals surface area contributed by atoms with Crippen LogP contribution in [0, 0.1) is 18.7 Å². The van der Waals surface area contributed by atoms with Crippen LogP contribution in [0.15, 0.2) is 30.3 Å². The van der Waals surface area contributed by atoms with Gasteiger partial charge in [0.2, 0.25) is 0 Å². The predicted molar refractivity (Wildman–Crippen MR) is 106 cm³/mol. The number of anilines is 1. The lowest BCUT2D eigenvalue weighted by molar-refractivity contribution is -0.140. The van der Waals surface area contributed by atoms with Gasteiger partial charge in [-0.2, -0.15) is 13.2 Å². The molecule has 2 aromatic rings. The first-order valence-corrected chi connectivity index (χ1v) is 10.1. The number of aromatic nitrogens is 1. The maximum absolute atomic E-state index is 13.3. The van der Waals surface area contributed by atoms with Crippen LogP contribution in [0.3, 0.4) is 0 Å². The van der Waals surface area contributed by atoms with E-state index in [0.29, 0.717) is 30.8 Å². The topological polar surface area (TPSA) is 57.4 Å². The molecule has 1 saturated carbocycles. The first-order valence-electron chi connectivity index (χ1n) is 10.1. The van der Waals surface area contributed by atoms with Gasteiger partial charge in [-0.15, -0.1) is 0 Å². The first-order chi connectivity index (χ1) is 14.2. The Labute approximate surface area is 173 Å². The van der Waals surface area contributed by atoms with Gasteiger partial charge in [-0.1, -0.05) is 6.42 Å². The molecule has 0 amide bonds. The number of aryl methyl sites for hydroxylation is 1. The fourth-order valence-electron chi connectivity index (χ4n) is 3.89. The maximum Gasteiger partial charge on any atom is 0.419 e. The van der Waals surface area contributed by atoms with E-state index < -0.39 is 17.6 Å². The maximum atomic E-state index is 13.3. The third-order valence-electron chi connectivity index (χ3n) is 5.24. The van der Waals surface area contributed by atoms with Crippen molar-refractivity contribution in [2.45, 2.75) is 51.3 Å². The Morgan fingerprint density at radius 2 is 1.93 bits per heavy atom. The van der Waals surface area contributed by atoms with E-state index in [2.05, 4.69) is 4.98 Å². The number of alkyl halides is 3. The van der Waals surface area contributed by atoms with Gasteiger partial charge >= 0.3 is 6.18 Å². The number of hydrogen-bond acceptors (Lipinski definition) is 4. The van der Waals surface area contributed by atoms with Crippen molar-refractivity contribution in [3.63, 3.8) is 0 Å². The molecule has 1 aliphatic carbocycles. The zero-order valence-electron chi connectivity index (χ0n) is 16.8. The van der Waals surface area contributed by atoms with E-state index in [0.717, 1.165) is 43.0 Å². The van der Waals surface area contributed by atoms with E-state index >= 15 is 0 Å². The number of rotatable bonds is 8. The van der Waals surface area contributed by atoms with Gasteiger partial charge in [0, 0.05) is 12.1 Å². The lowest BCUT2D eigenvalue weighted by atomic mass is 9.98. The molecule has 0 saturated heterocycles. The van der Waals surface area contributed by atoms with Crippen LogP contribution in [0.4, 0.5) is 23.4 Å². The number of hydrogen-bond donors (Lipinski definition) is 1. The van der Waals surface area contributed by atoms with Gasteiger partial charge in [-0.25, -0.2) is 9.37 Å². The molecule has 30 heavy (non-hydrogen) atoms. The summed E-state index contributed by atoms with van der Waals surface area (Å²) in [6.07, 6.45) is -0.174. The van der Waals surface area contributed by atoms with Gasteiger partial charge in [0.05, 0.1) is 24.9 Å². The van der Waals surface area contributed by atoms with E-state index in [4.69, 9.17) is 15.2 Å². The second kappa shape index (κ2) is 9.64. The van der Waals surface area contributed by atoms with Crippen molar-refractivity contribution < 1.29 is 27.0 Å². The van der Waals surface area contributed by atoms with Crippen molar-refractivity contribution >= 4 is 5.82 Å². The zero-order chi connectivity index (χ0) is 21.7. The van der Waals surface area contributed by atoms with Crippen molar-refractivity contribution in [1.29, 1.82) is 0 Å². The summed E-state index contributed by atoms with van der Waals surface area (Å²) >= 11 is 0. The number of nitrogens with two attached hydrogens (primary N) is 1. The van der Waals surface area contributed by atoms with Gasteiger partial charge in [-0.05, 0) is 68.0 Å². The molecule has 0 aliphatic heterocycles. The van der Waals surface area contributed by atoms with E-state index in [1.807, 2.05) is 19.1 Å². The largest absolute Gasteiger partial charge is 0.493 e. The van der Waals surface area contributed by atoms with E-state index in [9.17, 15) is 17.6 Å². The van der Waals surface area contributed by atoms with Crippen molar-refractivity contribution in [1.82, 2.24) is 4.98 Å². The third-order valence-corrected chi connectivity index (χ3v) is 5.24. The van der Waals surface area contributed by atoms with Crippen LogP contribution in [0.2, 0.25) is 0 Å². The average molecular weight is 426 g/mol. The molecule has 1 aliphatic rings. The highest BCUT2D eigenvalue weighted by Crippen LogP contribution is 2.34. The smallest absolute Gasteiger partial charge is 0.419 e. The summed E-state index contributed by atoms with van der Waals surface area (Å²) < 4.78 is 62.9. The van der Waals surface area contributed by atoms with Crippen LogP contribution in [-0.4, -0.2) is 24.3 Å². The van der Waals surface area contributed by atoms with Gasteiger partial charge in [0.1, 0.15) is 17.4 Å². The van der Waals surface area contributed by atoms with Crippen molar-refractivity contribution in [3.05, 3.63) is 53.0 Å². The number of benzene rings is 1. The summed E-state index contributed by atoms with van der Waals surface area (Å²) in [5.41, 5.74) is 6.56. The quantitative estimate of drug-likeness (QED) is 0.458. The molecule has 2 atom stereocenters. The second-order valence-electron chi connectivity index (χ2n) is 7.71. The highest BCUT2D eigenvalue weighted by Gasteiger charge is 2.34. The number of nitrogens with zero attached hydrogens (tertiary/aromatic N) is 1. The Morgan fingerprint density at radius 1 is 1.13 bits per heavy atom. The summed E-state index contributed by atoms with van der Waals surface area (Å²) in [7, 11) is 0. The van der Waals surface area contributed by atoms with Gasteiger partial charge in [0.15, 0.2) is 0 Å².